The van der Waals surface area contributed by atoms with E-state index in [1.807, 2.05) is 11.9 Å². The van der Waals surface area contributed by atoms with Gasteiger partial charge in [-0.1, -0.05) is 0 Å². The van der Waals surface area contributed by atoms with Crippen LogP contribution in [-0.2, 0) is 0 Å². The van der Waals surface area contributed by atoms with Gasteiger partial charge in [0.25, 0.3) is 0 Å². The van der Waals surface area contributed by atoms with Gasteiger partial charge in [-0.05, 0) is 19.9 Å². The van der Waals surface area contributed by atoms with E-state index in [2.05, 4.69) is 6.07 Å². The zero-order valence-electron chi connectivity index (χ0n) is 8.47. The van der Waals surface area contributed by atoms with E-state index in [0.29, 0.717) is 25.8 Å². The van der Waals surface area contributed by atoms with Crippen molar-refractivity contribution in [1.29, 1.82) is 5.26 Å². The molecule has 2 nitrogen and oxygen atoms in total. The van der Waals surface area contributed by atoms with Crippen molar-refractivity contribution < 1.29 is 8.78 Å². The van der Waals surface area contributed by atoms with E-state index in [-0.39, 0.29) is 18.9 Å². The molecule has 0 heterocycles. The normalized spacial score (nSPS) is 22.2. The molecule has 0 bridgehead atoms. The second kappa shape index (κ2) is 4.70. The standard InChI is InChI=1S/C10H16F2N2/c1-14(8-2-7-13)9-3-5-10(11,12)6-4-9/h9H,2-6,8H2,1H3. The van der Waals surface area contributed by atoms with Crippen LogP contribution in [0.3, 0.4) is 0 Å². The topological polar surface area (TPSA) is 27.0 Å². The van der Waals surface area contributed by atoms with E-state index in [9.17, 15) is 8.78 Å². The molecule has 0 aromatic heterocycles. The fraction of sp³-hybridized carbons (Fsp3) is 0.900. The van der Waals surface area contributed by atoms with Gasteiger partial charge in [-0.15, -0.1) is 0 Å². The zero-order valence-corrected chi connectivity index (χ0v) is 8.47. The Morgan fingerprint density at radius 1 is 1.43 bits per heavy atom. The number of hydrogen-bond acceptors (Lipinski definition) is 2. The third kappa shape index (κ3) is 3.22. The molecule has 1 fully saturated rings. The van der Waals surface area contributed by atoms with E-state index in [0.717, 1.165) is 0 Å². The van der Waals surface area contributed by atoms with E-state index < -0.39 is 5.92 Å². The second-order valence-corrected chi connectivity index (χ2v) is 3.98. The summed E-state index contributed by atoms with van der Waals surface area (Å²) in [5.41, 5.74) is 0. The summed E-state index contributed by atoms with van der Waals surface area (Å²) < 4.78 is 25.6. The molecule has 0 radical (unpaired) electrons. The fourth-order valence-corrected chi connectivity index (χ4v) is 1.87. The summed E-state index contributed by atoms with van der Waals surface area (Å²) in [6.45, 7) is 0.687. The van der Waals surface area contributed by atoms with Crippen LogP contribution in [0, 0.1) is 11.3 Å². The highest BCUT2D eigenvalue weighted by molar-refractivity contribution is 4.83. The van der Waals surface area contributed by atoms with Gasteiger partial charge in [0.15, 0.2) is 0 Å². The average Bonchev–Trinajstić information content (AvgIpc) is 2.14. The van der Waals surface area contributed by atoms with E-state index >= 15 is 0 Å². The lowest BCUT2D eigenvalue weighted by molar-refractivity contribution is -0.0510. The van der Waals surface area contributed by atoms with Crippen molar-refractivity contribution in [2.75, 3.05) is 13.6 Å². The molecule has 0 aromatic carbocycles. The molecule has 0 N–H and O–H groups in total. The predicted octanol–water partition coefficient (Wildman–Crippen LogP) is 2.41. The molecule has 0 unspecified atom stereocenters. The number of rotatable bonds is 3. The van der Waals surface area contributed by atoms with E-state index in [1.54, 1.807) is 0 Å². The van der Waals surface area contributed by atoms with Crippen molar-refractivity contribution >= 4 is 0 Å². The largest absolute Gasteiger partial charge is 0.302 e. The minimum absolute atomic E-state index is 0.00540. The summed E-state index contributed by atoms with van der Waals surface area (Å²) in [6, 6.07) is 2.30. The molecule has 1 aliphatic rings. The van der Waals surface area contributed by atoms with E-state index in [4.69, 9.17) is 5.26 Å². The van der Waals surface area contributed by atoms with Crippen LogP contribution in [0.15, 0.2) is 0 Å². The Bertz CT molecular complexity index is 213. The number of nitriles is 1. The molecule has 0 aliphatic heterocycles. The maximum absolute atomic E-state index is 12.8. The van der Waals surface area contributed by atoms with Crippen molar-refractivity contribution in [3.8, 4) is 6.07 Å². The van der Waals surface area contributed by atoms with Gasteiger partial charge in [-0.3, -0.25) is 0 Å². The third-order valence-corrected chi connectivity index (χ3v) is 2.89. The lowest BCUT2D eigenvalue weighted by Gasteiger charge is -2.34. The molecule has 14 heavy (non-hydrogen) atoms. The molecule has 0 saturated heterocycles. The molecular weight excluding hydrogens is 186 g/mol. The Balaban J connectivity index is 2.31. The second-order valence-electron chi connectivity index (χ2n) is 3.98. The summed E-state index contributed by atoms with van der Waals surface area (Å²) in [4.78, 5) is 2.03. The first-order valence-corrected chi connectivity index (χ1v) is 5.00. The Morgan fingerprint density at radius 2 is 2.00 bits per heavy atom. The third-order valence-electron chi connectivity index (χ3n) is 2.89. The Labute approximate surface area is 83.5 Å². The van der Waals surface area contributed by atoms with Crippen LogP contribution in [-0.4, -0.2) is 30.5 Å². The van der Waals surface area contributed by atoms with Crippen LogP contribution in [0.4, 0.5) is 8.78 Å². The van der Waals surface area contributed by atoms with Crippen LogP contribution in [0.2, 0.25) is 0 Å². The van der Waals surface area contributed by atoms with Crippen LogP contribution in [0.1, 0.15) is 32.1 Å². The molecule has 80 valence electrons. The smallest absolute Gasteiger partial charge is 0.248 e. The molecule has 0 amide bonds. The predicted molar refractivity (Wildman–Crippen MR) is 50.1 cm³/mol. The molecule has 0 aromatic rings. The molecule has 4 heteroatoms. The van der Waals surface area contributed by atoms with Crippen molar-refractivity contribution in [1.82, 2.24) is 4.90 Å². The number of hydrogen-bond donors (Lipinski definition) is 0. The van der Waals surface area contributed by atoms with Gasteiger partial charge in [0.05, 0.1) is 6.07 Å². The molecule has 1 aliphatic carbocycles. The summed E-state index contributed by atoms with van der Waals surface area (Å²) >= 11 is 0. The van der Waals surface area contributed by atoms with Crippen LogP contribution < -0.4 is 0 Å². The van der Waals surface area contributed by atoms with E-state index in [1.165, 1.54) is 0 Å². The van der Waals surface area contributed by atoms with Crippen LogP contribution in [0.25, 0.3) is 0 Å². The first kappa shape index (κ1) is 11.4. The SMILES string of the molecule is CN(CCC#N)C1CCC(F)(F)CC1. The highest BCUT2D eigenvalue weighted by atomic mass is 19.3. The minimum atomic E-state index is -2.45. The van der Waals surface area contributed by atoms with Gasteiger partial charge in [-0.2, -0.15) is 5.26 Å². The van der Waals surface area contributed by atoms with Crippen molar-refractivity contribution in [3.05, 3.63) is 0 Å². The summed E-state index contributed by atoms with van der Waals surface area (Å²) in [6.07, 6.45) is 1.57. The zero-order chi connectivity index (χ0) is 10.6. The number of nitrogens with zero attached hydrogens (tertiary/aromatic N) is 2. The monoisotopic (exact) mass is 202 g/mol. The fourth-order valence-electron chi connectivity index (χ4n) is 1.87. The van der Waals surface area contributed by atoms with Crippen molar-refractivity contribution in [3.63, 3.8) is 0 Å². The first-order chi connectivity index (χ1) is 6.55. The quantitative estimate of drug-likeness (QED) is 0.702. The minimum Gasteiger partial charge on any atom is -0.302 e. The van der Waals surface area contributed by atoms with Crippen molar-refractivity contribution in [2.24, 2.45) is 0 Å². The molecular formula is C10H16F2N2. The maximum Gasteiger partial charge on any atom is 0.248 e. The molecule has 0 spiro atoms. The molecule has 1 rings (SSSR count). The lowest BCUT2D eigenvalue weighted by Crippen LogP contribution is -2.38. The maximum atomic E-state index is 12.8. The van der Waals surface area contributed by atoms with Gasteiger partial charge in [-0.25, -0.2) is 8.78 Å². The van der Waals surface area contributed by atoms with Gasteiger partial charge in [0.1, 0.15) is 0 Å². The number of alkyl halides is 2. The Morgan fingerprint density at radius 3 is 2.50 bits per heavy atom. The van der Waals surface area contributed by atoms with Gasteiger partial charge < -0.3 is 4.90 Å². The molecule has 1 saturated carbocycles. The van der Waals surface area contributed by atoms with Gasteiger partial charge in [0.2, 0.25) is 5.92 Å². The van der Waals surface area contributed by atoms with Gasteiger partial charge >= 0.3 is 0 Å². The summed E-state index contributed by atoms with van der Waals surface area (Å²) in [5, 5.41) is 8.40. The first-order valence-electron chi connectivity index (χ1n) is 5.00. The highest BCUT2D eigenvalue weighted by Crippen LogP contribution is 2.34. The van der Waals surface area contributed by atoms with Gasteiger partial charge in [0, 0.05) is 31.8 Å². The Hall–Kier alpha value is -0.690. The van der Waals surface area contributed by atoms with Crippen molar-refractivity contribution in [2.45, 2.75) is 44.1 Å². The van der Waals surface area contributed by atoms with Crippen LogP contribution in [0.5, 0.6) is 0 Å². The average molecular weight is 202 g/mol. The Kier molecular flexibility index (Phi) is 3.82. The lowest BCUT2D eigenvalue weighted by atomic mass is 9.91. The number of halogens is 2. The highest BCUT2D eigenvalue weighted by Gasteiger charge is 2.35. The summed E-state index contributed by atoms with van der Waals surface area (Å²) in [7, 11) is 1.91. The summed E-state index contributed by atoms with van der Waals surface area (Å²) in [5.74, 6) is -2.45. The molecule has 0 atom stereocenters. The van der Waals surface area contributed by atoms with Crippen LogP contribution >= 0.6 is 0 Å².